The summed E-state index contributed by atoms with van der Waals surface area (Å²) < 4.78 is 12.3. The lowest BCUT2D eigenvalue weighted by molar-refractivity contribution is 0.0302. The highest BCUT2D eigenvalue weighted by Gasteiger charge is 2.34. The van der Waals surface area contributed by atoms with Gasteiger partial charge in [-0.3, -0.25) is 0 Å². The average molecular weight is 299 g/mol. The molecule has 1 aromatic carbocycles. The van der Waals surface area contributed by atoms with Crippen molar-refractivity contribution in [1.29, 1.82) is 0 Å². The SMILES string of the molecule is O[C@@H]1CC(C2CCOC2)Oc2ccc(Br)cc21. The zero-order valence-electron chi connectivity index (χ0n) is 9.43. The van der Waals surface area contributed by atoms with Crippen molar-refractivity contribution in [3.05, 3.63) is 28.2 Å². The van der Waals surface area contributed by atoms with Crippen molar-refractivity contribution >= 4 is 15.9 Å². The number of fused-ring (bicyclic) bond motifs is 1. The molecule has 1 saturated heterocycles. The van der Waals surface area contributed by atoms with Crippen LogP contribution in [0.25, 0.3) is 0 Å². The van der Waals surface area contributed by atoms with Crippen LogP contribution in [0, 0.1) is 5.92 Å². The molecule has 0 spiro atoms. The summed E-state index contributed by atoms with van der Waals surface area (Å²) in [5, 5.41) is 10.2. The molecule has 0 radical (unpaired) electrons. The van der Waals surface area contributed by atoms with E-state index in [0.29, 0.717) is 12.3 Å². The van der Waals surface area contributed by atoms with E-state index in [-0.39, 0.29) is 6.10 Å². The van der Waals surface area contributed by atoms with Crippen LogP contribution in [0.2, 0.25) is 0 Å². The Morgan fingerprint density at radius 1 is 1.35 bits per heavy atom. The van der Waals surface area contributed by atoms with Crippen LogP contribution in [-0.2, 0) is 4.74 Å². The van der Waals surface area contributed by atoms with Crippen LogP contribution >= 0.6 is 15.9 Å². The lowest BCUT2D eigenvalue weighted by Gasteiger charge is -2.32. The first-order valence-electron chi connectivity index (χ1n) is 5.96. The number of halogens is 1. The quantitative estimate of drug-likeness (QED) is 0.866. The molecule has 0 bridgehead atoms. The summed E-state index contributed by atoms with van der Waals surface area (Å²) in [6.07, 6.45) is 1.35. The molecule has 1 fully saturated rings. The molecule has 17 heavy (non-hydrogen) atoms. The molecule has 2 aliphatic heterocycles. The minimum Gasteiger partial charge on any atom is -0.490 e. The maximum absolute atomic E-state index is 10.2. The van der Waals surface area contributed by atoms with Gasteiger partial charge in [-0.1, -0.05) is 15.9 Å². The first-order chi connectivity index (χ1) is 8.24. The second-order valence-corrected chi connectivity index (χ2v) is 5.63. The van der Waals surface area contributed by atoms with Crippen LogP contribution in [0.3, 0.4) is 0 Å². The van der Waals surface area contributed by atoms with Crippen molar-refractivity contribution in [2.45, 2.75) is 25.0 Å². The minimum atomic E-state index is -0.429. The highest BCUT2D eigenvalue weighted by molar-refractivity contribution is 9.10. The molecule has 2 heterocycles. The normalized spacial score (nSPS) is 32.0. The predicted molar refractivity (Wildman–Crippen MR) is 67.1 cm³/mol. The lowest BCUT2D eigenvalue weighted by atomic mass is 9.91. The van der Waals surface area contributed by atoms with Crippen LogP contribution in [0.4, 0.5) is 0 Å². The molecule has 3 atom stereocenters. The van der Waals surface area contributed by atoms with Gasteiger partial charge in [-0.15, -0.1) is 0 Å². The summed E-state index contributed by atoms with van der Waals surface area (Å²) in [7, 11) is 0. The number of hydrogen-bond acceptors (Lipinski definition) is 3. The van der Waals surface area contributed by atoms with E-state index >= 15 is 0 Å². The molecule has 0 aromatic heterocycles. The third-order valence-electron chi connectivity index (χ3n) is 3.56. The Bertz CT molecular complexity index is 415. The molecular weight excluding hydrogens is 284 g/mol. The molecular formula is C13H15BrO3. The van der Waals surface area contributed by atoms with Crippen molar-refractivity contribution in [1.82, 2.24) is 0 Å². The minimum absolute atomic E-state index is 0.0844. The summed E-state index contributed by atoms with van der Waals surface area (Å²) >= 11 is 3.41. The fraction of sp³-hybridized carbons (Fsp3) is 0.538. The zero-order valence-corrected chi connectivity index (χ0v) is 11.0. The van der Waals surface area contributed by atoms with Gasteiger partial charge < -0.3 is 14.6 Å². The summed E-state index contributed by atoms with van der Waals surface area (Å²) in [4.78, 5) is 0. The van der Waals surface area contributed by atoms with E-state index in [1.165, 1.54) is 0 Å². The molecule has 1 N–H and O–H groups in total. The van der Waals surface area contributed by atoms with Crippen LogP contribution in [0.15, 0.2) is 22.7 Å². The molecule has 2 unspecified atom stereocenters. The summed E-state index contributed by atoms with van der Waals surface area (Å²) in [5.74, 6) is 1.23. The molecule has 3 nitrogen and oxygen atoms in total. The van der Waals surface area contributed by atoms with E-state index < -0.39 is 6.10 Å². The third kappa shape index (κ3) is 2.21. The van der Waals surface area contributed by atoms with Gasteiger partial charge in [-0.05, 0) is 24.6 Å². The number of rotatable bonds is 1. The number of hydrogen-bond donors (Lipinski definition) is 1. The van der Waals surface area contributed by atoms with E-state index in [2.05, 4.69) is 15.9 Å². The summed E-state index contributed by atoms with van der Waals surface area (Å²) in [6, 6.07) is 5.80. The Labute approximate surface area is 109 Å². The Hall–Kier alpha value is -0.580. The summed E-state index contributed by atoms with van der Waals surface area (Å²) in [5.41, 5.74) is 0.884. The van der Waals surface area contributed by atoms with E-state index in [9.17, 15) is 5.11 Å². The van der Waals surface area contributed by atoms with Gasteiger partial charge in [0.1, 0.15) is 11.9 Å². The molecule has 92 valence electrons. The Morgan fingerprint density at radius 3 is 3.00 bits per heavy atom. The Morgan fingerprint density at radius 2 is 2.24 bits per heavy atom. The molecule has 4 heteroatoms. The van der Waals surface area contributed by atoms with E-state index in [1.807, 2.05) is 18.2 Å². The fourth-order valence-corrected chi connectivity index (χ4v) is 2.96. The maximum Gasteiger partial charge on any atom is 0.125 e. The van der Waals surface area contributed by atoms with Crippen molar-refractivity contribution < 1.29 is 14.6 Å². The lowest BCUT2D eigenvalue weighted by Crippen LogP contribution is -2.33. The van der Waals surface area contributed by atoms with Crippen LogP contribution in [0.1, 0.15) is 24.5 Å². The van der Waals surface area contributed by atoms with Gasteiger partial charge in [0, 0.05) is 29.0 Å². The Kier molecular flexibility index (Phi) is 3.11. The molecule has 0 saturated carbocycles. The number of aliphatic hydroxyl groups excluding tert-OH is 1. The standard InChI is InChI=1S/C13H15BrO3/c14-9-1-2-12-10(5-9)11(15)6-13(17-12)8-3-4-16-7-8/h1-2,5,8,11,13,15H,3-4,6-7H2/t8?,11-,13?/m1/s1. The third-order valence-corrected chi connectivity index (χ3v) is 4.05. The summed E-state index contributed by atoms with van der Waals surface area (Å²) in [6.45, 7) is 1.57. The van der Waals surface area contributed by atoms with Crippen LogP contribution < -0.4 is 4.74 Å². The fourth-order valence-electron chi connectivity index (χ4n) is 2.58. The number of ether oxygens (including phenoxy) is 2. The Balaban J connectivity index is 1.84. The van der Waals surface area contributed by atoms with Crippen molar-refractivity contribution in [2.24, 2.45) is 5.92 Å². The maximum atomic E-state index is 10.2. The van der Waals surface area contributed by atoms with Crippen LogP contribution in [-0.4, -0.2) is 24.4 Å². The second kappa shape index (κ2) is 4.59. The van der Waals surface area contributed by atoms with Gasteiger partial charge in [-0.2, -0.15) is 0 Å². The molecule has 0 aliphatic carbocycles. The first-order valence-corrected chi connectivity index (χ1v) is 6.75. The topological polar surface area (TPSA) is 38.7 Å². The van der Waals surface area contributed by atoms with Gasteiger partial charge in [0.2, 0.25) is 0 Å². The van der Waals surface area contributed by atoms with E-state index in [0.717, 1.165) is 35.4 Å². The van der Waals surface area contributed by atoms with Gasteiger partial charge in [0.05, 0.1) is 12.7 Å². The molecule has 3 rings (SSSR count). The van der Waals surface area contributed by atoms with Gasteiger partial charge in [0.15, 0.2) is 0 Å². The van der Waals surface area contributed by atoms with Crippen molar-refractivity contribution in [3.63, 3.8) is 0 Å². The van der Waals surface area contributed by atoms with Crippen molar-refractivity contribution in [3.8, 4) is 5.75 Å². The average Bonchev–Trinajstić information content (AvgIpc) is 2.83. The smallest absolute Gasteiger partial charge is 0.125 e. The van der Waals surface area contributed by atoms with Crippen LogP contribution in [0.5, 0.6) is 5.75 Å². The highest BCUT2D eigenvalue weighted by atomic mass is 79.9. The van der Waals surface area contributed by atoms with Crippen molar-refractivity contribution in [2.75, 3.05) is 13.2 Å². The zero-order chi connectivity index (χ0) is 11.8. The first kappa shape index (κ1) is 11.5. The number of aliphatic hydroxyl groups is 1. The highest BCUT2D eigenvalue weighted by Crippen LogP contribution is 2.39. The largest absolute Gasteiger partial charge is 0.490 e. The predicted octanol–water partition coefficient (Wildman–Crippen LogP) is 2.67. The molecule has 1 aromatic rings. The van der Waals surface area contributed by atoms with Gasteiger partial charge in [-0.25, -0.2) is 0 Å². The van der Waals surface area contributed by atoms with E-state index in [4.69, 9.17) is 9.47 Å². The van der Waals surface area contributed by atoms with Gasteiger partial charge in [0.25, 0.3) is 0 Å². The molecule has 2 aliphatic rings. The van der Waals surface area contributed by atoms with E-state index in [1.54, 1.807) is 0 Å². The molecule has 0 amide bonds. The van der Waals surface area contributed by atoms with Gasteiger partial charge >= 0.3 is 0 Å². The number of benzene rings is 1. The second-order valence-electron chi connectivity index (χ2n) is 4.71. The monoisotopic (exact) mass is 298 g/mol.